The van der Waals surface area contributed by atoms with Gasteiger partial charge in [-0.15, -0.1) is 0 Å². The first-order valence-electron chi connectivity index (χ1n) is 10.1. The lowest BCUT2D eigenvalue weighted by Crippen LogP contribution is -2.37. The Morgan fingerprint density at radius 2 is 1.66 bits per heavy atom. The zero-order valence-corrected chi connectivity index (χ0v) is 16.9. The van der Waals surface area contributed by atoms with E-state index in [-0.39, 0.29) is 24.3 Å². The van der Waals surface area contributed by atoms with E-state index < -0.39 is 0 Å². The highest BCUT2D eigenvalue weighted by atomic mass is 16.5. The first-order valence-corrected chi connectivity index (χ1v) is 10.1. The van der Waals surface area contributed by atoms with Gasteiger partial charge in [0.2, 0.25) is 5.91 Å². The summed E-state index contributed by atoms with van der Waals surface area (Å²) in [4.78, 5) is 26.9. The smallest absolute Gasteiger partial charge is 0.251 e. The lowest BCUT2D eigenvalue weighted by molar-refractivity contribution is -0.121. The van der Waals surface area contributed by atoms with Crippen molar-refractivity contribution in [2.75, 3.05) is 26.3 Å². The van der Waals surface area contributed by atoms with Crippen LogP contribution in [0.1, 0.15) is 34.8 Å². The average molecular weight is 396 g/mol. The van der Waals surface area contributed by atoms with Gasteiger partial charge >= 0.3 is 0 Å². The van der Waals surface area contributed by atoms with Gasteiger partial charge in [0.1, 0.15) is 0 Å². The predicted molar refractivity (Wildman–Crippen MR) is 112 cm³/mol. The van der Waals surface area contributed by atoms with Crippen molar-refractivity contribution in [3.8, 4) is 0 Å². The third-order valence-electron chi connectivity index (χ3n) is 5.00. The van der Waals surface area contributed by atoms with Crippen LogP contribution in [0.25, 0.3) is 0 Å². The Morgan fingerprint density at radius 3 is 2.38 bits per heavy atom. The number of amides is 2. The minimum absolute atomic E-state index is 0.0768. The largest absolute Gasteiger partial charge is 0.379 e. The summed E-state index contributed by atoms with van der Waals surface area (Å²) >= 11 is 0. The standard InChI is InChI=1S/C23H29N3O3/c1-18(25-23(28)19-7-3-2-4-8-19)15-22(27)24-16-20-9-5-6-10-21(20)17-26-11-13-29-14-12-26/h2-10,18H,11-17H2,1H3,(H,24,27)(H,25,28). The molecule has 154 valence electrons. The van der Waals surface area contributed by atoms with Crippen molar-refractivity contribution in [1.82, 2.24) is 15.5 Å². The number of carbonyl (C=O) groups is 2. The SMILES string of the molecule is CC(CC(=O)NCc1ccccc1CN1CCOCC1)NC(=O)c1ccccc1. The quantitative estimate of drug-likeness (QED) is 0.720. The molecule has 3 rings (SSSR count). The van der Waals surface area contributed by atoms with Gasteiger partial charge in [0.05, 0.1) is 13.2 Å². The van der Waals surface area contributed by atoms with E-state index in [1.54, 1.807) is 12.1 Å². The van der Waals surface area contributed by atoms with Crippen molar-refractivity contribution in [2.45, 2.75) is 32.5 Å². The molecule has 6 nitrogen and oxygen atoms in total. The second-order valence-corrected chi connectivity index (χ2v) is 7.38. The molecule has 0 aromatic heterocycles. The fourth-order valence-electron chi connectivity index (χ4n) is 3.38. The zero-order valence-electron chi connectivity index (χ0n) is 16.9. The highest BCUT2D eigenvalue weighted by Gasteiger charge is 2.15. The second kappa shape index (κ2) is 10.7. The third kappa shape index (κ3) is 6.69. The maximum absolute atomic E-state index is 12.4. The minimum atomic E-state index is -0.244. The average Bonchev–Trinajstić information content (AvgIpc) is 2.74. The van der Waals surface area contributed by atoms with Gasteiger partial charge in [-0.3, -0.25) is 14.5 Å². The lowest BCUT2D eigenvalue weighted by atomic mass is 10.1. The zero-order chi connectivity index (χ0) is 20.5. The summed E-state index contributed by atoms with van der Waals surface area (Å²) in [5.41, 5.74) is 2.94. The lowest BCUT2D eigenvalue weighted by Gasteiger charge is -2.27. The van der Waals surface area contributed by atoms with Gasteiger partial charge in [0.15, 0.2) is 0 Å². The number of carbonyl (C=O) groups excluding carboxylic acids is 2. The summed E-state index contributed by atoms with van der Waals surface area (Å²) < 4.78 is 5.41. The molecule has 1 atom stereocenters. The molecule has 29 heavy (non-hydrogen) atoms. The van der Waals surface area contributed by atoms with Crippen LogP contribution in [-0.4, -0.2) is 49.1 Å². The molecule has 1 fully saturated rings. The molecule has 1 aliphatic rings. The van der Waals surface area contributed by atoms with Crippen LogP contribution in [0.3, 0.4) is 0 Å². The highest BCUT2D eigenvalue weighted by Crippen LogP contribution is 2.13. The molecule has 0 radical (unpaired) electrons. The number of nitrogens with one attached hydrogen (secondary N) is 2. The summed E-state index contributed by atoms with van der Waals surface area (Å²) in [5, 5.41) is 5.86. The number of morpholine rings is 1. The van der Waals surface area contributed by atoms with E-state index in [9.17, 15) is 9.59 Å². The number of benzene rings is 2. The molecule has 0 spiro atoms. The van der Waals surface area contributed by atoms with E-state index in [0.717, 1.165) is 38.4 Å². The monoisotopic (exact) mass is 395 g/mol. The summed E-state index contributed by atoms with van der Waals surface area (Å²) in [6.45, 7) is 6.58. The van der Waals surface area contributed by atoms with Gasteiger partial charge in [-0.05, 0) is 30.2 Å². The fraction of sp³-hybridized carbons (Fsp3) is 0.391. The van der Waals surface area contributed by atoms with Crippen molar-refractivity contribution in [2.24, 2.45) is 0 Å². The number of hydrogen-bond acceptors (Lipinski definition) is 4. The normalized spacial score (nSPS) is 15.5. The number of rotatable bonds is 8. The van der Waals surface area contributed by atoms with Crippen LogP contribution in [0.2, 0.25) is 0 Å². The highest BCUT2D eigenvalue weighted by molar-refractivity contribution is 5.94. The Morgan fingerprint density at radius 1 is 1.00 bits per heavy atom. The Kier molecular flexibility index (Phi) is 7.78. The molecule has 0 aliphatic carbocycles. The number of hydrogen-bond donors (Lipinski definition) is 2. The summed E-state index contributed by atoms with van der Waals surface area (Å²) in [6, 6.07) is 17.0. The van der Waals surface area contributed by atoms with Gasteiger partial charge < -0.3 is 15.4 Å². The first kappa shape index (κ1) is 21.0. The van der Waals surface area contributed by atoms with Gasteiger partial charge in [0, 0.05) is 44.2 Å². The van der Waals surface area contributed by atoms with Crippen molar-refractivity contribution >= 4 is 11.8 Å². The Bertz CT molecular complexity index is 804. The van der Waals surface area contributed by atoms with E-state index >= 15 is 0 Å². The molecule has 1 saturated heterocycles. The van der Waals surface area contributed by atoms with Crippen LogP contribution in [-0.2, 0) is 22.6 Å². The molecule has 1 unspecified atom stereocenters. The molecular formula is C23H29N3O3. The van der Waals surface area contributed by atoms with Crippen molar-refractivity contribution in [3.63, 3.8) is 0 Å². The molecule has 2 amide bonds. The van der Waals surface area contributed by atoms with Gasteiger partial charge in [0.25, 0.3) is 5.91 Å². The fourth-order valence-corrected chi connectivity index (χ4v) is 3.38. The summed E-state index contributed by atoms with van der Waals surface area (Å²) in [7, 11) is 0. The molecule has 2 aromatic carbocycles. The molecule has 0 bridgehead atoms. The van der Waals surface area contributed by atoms with E-state index in [0.29, 0.717) is 12.1 Å². The predicted octanol–water partition coefficient (Wildman–Crippen LogP) is 2.34. The van der Waals surface area contributed by atoms with Gasteiger partial charge in [-0.25, -0.2) is 0 Å². The van der Waals surface area contributed by atoms with Crippen molar-refractivity contribution in [3.05, 3.63) is 71.3 Å². The third-order valence-corrected chi connectivity index (χ3v) is 5.00. The molecule has 6 heteroatoms. The van der Waals surface area contributed by atoms with Gasteiger partial charge in [-0.1, -0.05) is 42.5 Å². The molecule has 1 aliphatic heterocycles. The second-order valence-electron chi connectivity index (χ2n) is 7.38. The van der Waals surface area contributed by atoms with Crippen LogP contribution >= 0.6 is 0 Å². The van der Waals surface area contributed by atoms with Crippen LogP contribution in [0.4, 0.5) is 0 Å². The first-order chi connectivity index (χ1) is 14.1. The maximum Gasteiger partial charge on any atom is 0.251 e. The van der Waals surface area contributed by atoms with Crippen LogP contribution in [0, 0.1) is 0 Å². The number of nitrogens with zero attached hydrogens (tertiary/aromatic N) is 1. The minimum Gasteiger partial charge on any atom is -0.379 e. The summed E-state index contributed by atoms with van der Waals surface area (Å²) in [5.74, 6) is -0.242. The molecular weight excluding hydrogens is 366 g/mol. The Balaban J connectivity index is 1.47. The van der Waals surface area contributed by atoms with Gasteiger partial charge in [-0.2, -0.15) is 0 Å². The number of ether oxygens (including phenoxy) is 1. The van der Waals surface area contributed by atoms with Crippen LogP contribution in [0.5, 0.6) is 0 Å². The maximum atomic E-state index is 12.4. The Hall–Kier alpha value is -2.70. The van der Waals surface area contributed by atoms with Crippen LogP contribution < -0.4 is 10.6 Å². The molecule has 2 N–H and O–H groups in total. The summed E-state index contributed by atoms with van der Waals surface area (Å²) in [6.07, 6.45) is 0.240. The Labute approximate surface area is 172 Å². The van der Waals surface area contributed by atoms with E-state index in [2.05, 4.69) is 27.7 Å². The van der Waals surface area contributed by atoms with Crippen LogP contribution in [0.15, 0.2) is 54.6 Å². The molecule has 0 saturated carbocycles. The van der Waals surface area contributed by atoms with E-state index in [4.69, 9.17) is 4.74 Å². The molecule has 2 aromatic rings. The van der Waals surface area contributed by atoms with E-state index in [1.807, 2.05) is 37.3 Å². The van der Waals surface area contributed by atoms with Crippen molar-refractivity contribution in [1.29, 1.82) is 0 Å². The van der Waals surface area contributed by atoms with E-state index in [1.165, 1.54) is 5.56 Å². The van der Waals surface area contributed by atoms with Crippen molar-refractivity contribution < 1.29 is 14.3 Å². The topological polar surface area (TPSA) is 70.7 Å². The molecule has 1 heterocycles.